The second-order valence-corrected chi connectivity index (χ2v) is 9.41. The number of nitrogens with zero attached hydrogens (tertiary/aromatic N) is 2. The topological polar surface area (TPSA) is 91.3 Å². The van der Waals surface area contributed by atoms with E-state index in [0.717, 1.165) is 28.2 Å². The number of hydrogen-bond acceptors (Lipinski definition) is 7. The molecule has 36 heavy (non-hydrogen) atoms. The number of para-hydroxylation sites is 1. The molecule has 1 aromatic heterocycles. The summed E-state index contributed by atoms with van der Waals surface area (Å²) in [7, 11) is 0. The van der Waals surface area contributed by atoms with Gasteiger partial charge in [-0.3, -0.25) is 0 Å². The van der Waals surface area contributed by atoms with Gasteiger partial charge in [0, 0.05) is 29.8 Å². The number of pyridine rings is 1. The van der Waals surface area contributed by atoms with E-state index in [9.17, 15) is 4.79 Å². The summed E-state index contributed by atoms with van der Waals surface area (Å²) in [6.07, 6.45) is 1.62. The largest absolute Gasteiger partial charge is 0.489 e. The minimum atomic E-state index is -0.549. The molecule has 1 aliphatic rings. The average Bonchev–Trinajstić information content (AvgIpc) is 3.33. The Morgan fingerprint density at radius 1 is 1.03 bits per heavy atom. The van der Waals surface area contributed by atoms with Gasteiger partial charge in [-0.05, 0) is 38.5 Å². The van der Waals surface area contributed by atoms with Gasteiger partial charge in [0.1, 0.15) is 24.6 Å². The van der Waals surface area contributed by atoms with Gasteiger partial charge in [0.2, 0.25) is 5.88 Å². The molecule has 188 valence electrons. The Balaban J connectivity index is 1.27. The number of hydrogen-bond donors (Lipinski definition) is 1. The minimum absolute atomic E-state index is 0.236. The Labute approximate surface area is 211 Å². The van der Waals surface area contributed by atoms with Gasteiger partial charge < -0.3 is 24.4 Å². The number of oxime groups is 1. The summed E-state index contributed by atoms with van der Waals surface area (Å²) < 4.78 is 17.1. The summed E-state index contributed by atoms with van der Waals surface area (Å²) in [4.78, 5) is 21.8. The van der Waals surface area contributed by atoms with Gasteiger partial charge in [-0.2, -0.15) is 0 Å². The molecule has 0 saturated carbocycles. The molecular weight excluding hydrogens is 458 g/mol. The number of nitrogens with one attached hydrogen (secondary N) is 1. The third kappa shape index (κ3) is 7.46. The maximum absolute atomic E-state index is 11.8. The molecule has 8 heteroatoms. The zero-order chi connectivity index (χ0) is 25.4. The Morgan fingerprint density at radius 3 is 2.56 bits per heavy atom. The van der Waals surface area contributed by atoms with E-state index >= 15 is 0 Å². The number of alkyl carbamates (subject to hydrolysis) is 1. The van der Waals surface area contributed by atoms with Crippen molar-refractivity contribution in [2.75, 3.05) is 13.2 Å². The Kier molecular flexibility index (Phi) is 8.05. The van der Waals surface area contributed by atoms with Crippen molar-refractivity contribution in [2.45, 2.75) is 45.5 Å². The Morgan fingerprint density at radius 2 is 1.81 bits per heavy atom. The van der Waals surface area contributed by atoms with Crippen LogP contribution in [0.15, 0.2) is 78.1 Å². The number of amides is 1. The van der Waals surface area contributed by atoms with E-state index in [1.54, 1.807) is 6.20 Å². The summed E-state index contributed by atoms with van der Waals surface area (Å²) >= 11 is 0. The van der Waals surface area contributed by atoms with Crippen LogP contribution in [0.3, 0.4) is 0 Å². The van der Waals surface area contributed by atoms with Gasteiger partial charge in [-0.25, -0.2) is 9.78 Å². The highest BCUT2D eigenvalue weighted by molar-refractivity contribution is 5.89. The maximum Gasteiger partial charge on any atom is 0.407 e. The van der Waals surface area contributed by atoms with Crippen LogP contribution in [0.5, 0.6) is 11.6 Å². The lowest BCUT2D eigenvalue weighted by molar-refractivity contribution is 0.0472. The molecule has 1 atom stereocenters. The number of benzene rings is 2. The molecule has 2 heterocycles. The van der Waals surface area contributed by atoms with Crippen molar-refractivity contribution in [1.82, 2.24) is 10.3 Å². The van der Waals surface area contributed by atoms with E-state index < -0.39 is 11.7 Å². The zero-order valence-electron chi connectivity index (χ0n) is 20.8. The standard InChI is InChI=1S/C28H31N3O5/c1-28(2,3)35-27(32)30-17-22-15-23(36-31-22)19-33-25-12-8-7-11-24(25)21-13-14-26(29-16-21)34-18-20-9-5-4-6-10-20/h4-14,16,23H,15,17-19H2,1-3H3,(H,30,32). The minimum Gasteiger partial charge on any atom is -0.489 e. The molecule has 0 saturated heterocycles. The summed E-state index contributed by atoms with van der Waals surface area (Å²) in [6, 6.07) is 21.6. The highest BCUT2D eigenvalue weighted by Gasteiger charge is 2.23. The molecule has 1 aliphatic heterocycles. The predicted molar refractivity (Wildman–Crippen MR) is 137 cm³/mol. The van der Waals surface area contributed by atoms with Crippen LogP contribution in [0.25, 0.3) is 11.1 Å². The molecule has 8 nitrogen and oxygen atoms in total. The van der Waals surface area contributed by atoms with E-state index in [1.807, 2.05) is 87.5 Å². The molecule has 0 radical (unpaired) electrons. The predicted octanol–water partition coefficient (Wildman–Crippen LogP) is 5.38. The van der Waals surface area contributed by atoms with Crippen LogP contribution >= 0.6 is 0 Å². The van der Waals surface area contributed by atoms with Crippen LogP contribution in [0.4, 0.5) is 4.79 Å². The van der Waals surface area contributed by atoms with Crippen LogP contribution in [0.2, 0.25) is 0 Å². The summed E-state index contributed by atoms with van der Waals surface area (Å²) in [6.45, 7) is 6.51. The molecule has 0 aliphatic carbocycles. The fraction of sp³-hybridized carbons (Fsp3) is 0.321. The first kappa shape index (κ1) is 25.0. The molecular formula is C28H31N3O5. The van der Waals surface area contributed by atoms with Gasteiger partial charge in [-0.1, -0.05) is 53.7 Å². The summed E-state index contributed by atoms with van der Waals surface area (Å²) in [5.41, 5.74) is 3.11. The number of carbonyl (C=O) groups is 1. The van der Waals surface area contributed by atoms with Crippen molar-refractivity contribution in [1.29, 1.82) is 0 Å². The van der Waals surface area contributed by atoms with Gasteiger partial charge in [0.25, 0.3) is 0 Å². The van der Waals surface area contributed by atoms with Crippen molar-refractivity contribution >= 4 is 11.8 Å². The van der Waals surface area contributed by atoms with Gasteiger partial charge >= 0.3 is 6.09 Å². The quantitative estimate of drug-likeness (QED) is 0.434. The van der Waals surface area contributed by atoms with Gasteiger partial charge in [-0.15, -0.1) is 0 Å². The zero-order valence-corrected chi connectivity index (χ0v) is 20.8. The highest BCUT2D eigenvalue weighted by Crippen LogP contribution is 2.30. The van der Waals surface area contributed by atoms with Crippen molar-refractivity contribution < 1.29 is 23.8 Å². The average molecular weight is 490 g/mol. The summed E-state index contributed by atoms with van der Waals surface area (Å²) in [5, 5.41) is 6.77. The fourth-order valence-corrected chi connectivity index (χ4v) is 3.54. The van der Waals surface area contributed by atoms with Crippen LogP contribution in [0, 0.1) is 0 Å². The first-order valence-corrected chi connectivity index (χ1v) is 11.9. The SMILES string of the molecule is CC(C)(C)OC(=O)NCC1=NOC(COc2ccccc2-c2ccc(OCc3ccccc3)nc2)C1. The Bertz CT molecular complexity index is 1170. The number of rotatable bonds is 9. The maximum atomic E-state index is 11.8. The van der Waals surface area contributed by atoms with Crippen LogP contribution in [-0.2, 0) is 16.2 Å². The van der Waals surface area contributed by atoms with Crippen molar-refractivity contribution in [2.24, 2.45) is 5.16 Å². The van der Waals surface area contributed by atoms with Crippen LogP contribution in [-0.4, -0.2) is 41.6 Å². The Hall–Kier alpha value is -4.07. The normalized spacial score (nSPS) is 15.0. The van der Waals surface area contributed by atoms with E-state index in [1.165, 1.54) is 0 Å². The van der Waals surface area contributed by atoms with Crippen molar-refractivity contribution in [3.8, 4) is 22.8 Å². The summed E-state index contributed by atoms with van der Waals surface area (Å²) in [5.74, 6) is 1.28. The third-order valence-corrected chi connectivity index (χ3v) is 5.22. The van der Waals surface area contributed by atoms with E-state index in [-0.39, 0.29) is 12.6 Å². The molecule has 1 N–H and O–H groups in total. The van der Waals surface area contributed by atoms with E-state index in [2.05, 4.69) is 15.5 Å². The molecule has 1 unspecified atom stereocenters. The highest BCUT2D eigenvalue weighted by atomic mass is 16.7. The van der Waals surface area contributed by atoms with E-state index in [0.29, 0.717) is 25.5 Å². The van der Waals surface area contributed by atoms with Crippen LogP contribution < -0.4 is 14.8 Å². The first-order chi connectivity index (χ1) is 17.4. The fourth-order valence-electron chi connectivity index (χ4n) is 3.54. The molecule has 2 aromatic carbocycles. The first-order valence-electron chi connectivity index (χ1n) is 11.9. The molecule has 0 spiro atoms. The smallest absolute Gasteiger partial charge is 0.407 e. The lowest BCUT2D eigenvalue weighted by atomic mass is 10.1. The van der Waals surface area contributed by atoms with Crippen molar-refractivity contribution in [3.05, 3.63) is 78.5 Å². The second-order valence-electron chi connectivity index (χ2n) is 9.41. The molecule has 1 amide bonds. The molecule has 0 bridgehead atoms. The van der Waals surface area contributed by atoms with Crippen LogP contribution in [0.1, 0.15) is 32.8 Å². The lowest BCUT2D eigenvalue weighted by Gasteiger charge is -2.19. The molecule has 3 aromatic rings. The molecule has 0 fully saturated rings. The lowest BCUT2D eigenvalue weighted by Crippen LogP contribution is -2.35. The molecule has 4 rings (SSSR count). The number of aromatic nitrogens is 1. The number of ether oxygens (including phenoxy) is 3. The monoisotopic (exact) mass is 489 g/mol. The van der Waals surface area contributed by atoms with Gasteiger partial charge in [0.05, 0.1) is 12.3 Å². The number of carbonyl (C=O) groups excluding carboxylic acids is 1. The van der Waals surface area contributed by atoms with E-state index in [4.69, 9.17) is 19.0 Å². The third-order valence-electron chi connectivity index (χ3n) is 5.22. The second kappa shape index (κ2) is 11.6. The van der Waals surface area contributed by atoms with Crippen molar-refractivity contribution in [3.63, 3.8) is 0 Å². The van der Waals surface area contributed by atoms with Gasteiger partial charge in [0.15, 0.2) is 6.10 Å².